The SMILES string of the molecule is CC[C@H](C)[C@H](N)C(=O)N[C@H](C(=O)NCC(=O)N[C@@H](C)C=O)[C@H](C)O. The lowest BCUT2D eigenvalue weighted by Gasteiger charge is -2.24. The van der Waals surface area contributed by atoms with Gasteiger partial charge in [-0.3, -0.25) is 14.4 Å². The highest BCUT2D eigenvalue weighted by Crippen LogP contribution is 2.06. The smallest absolute Gasteiger partial charge is 0.245 e. The quantitative estimate of drug-likeness (QED) is 0.290. The number of nitrogens with one attached hydrogen (secondary N) is 3. The Morgan fingerprint density at radius 2 is 1.71 bits per heavy atom. The van der Waals surface area contributed by atoms with Crippen LogP contribution < -0.4 is 21.7 Å². The van der Waals surface area contributed by atoms with Gasteiger partial charge in [-0.05, 0) is 19.8 Å². The molecular weight excluding hydrogens is 316 g/mol. The second kappa shape index (κ2) is 10.7. The molecule has 138 valence electrons. The van der Waals surface area contributed by atoms with Gasteiger partial charge in [0.05, 0.1) is 24.7 Å². The van der Waals surface area contributed by atoms with Gasteiger partial charge in [0.2, 0.25) is 17.7 Å². The summed E-state index contributed by atoms with van der Waals surface area (Å²) in [5.74, 6) is -1.92. The zero-order valence-electron chi connectivity index (χ0n) is 14.5. The molecule has 9 nitrogen and oxygen atoms in total. The molecule has 0 aliphatic rings. The normalized spacial score (nSPS) is 16.9. The number of hydrogen-bond donors (Lipinski definition) is 5. The van der Waals surface area contributed by atoms with Crippen LogP contribution in [0.5, 0.6) is 0 Å². The van der Waals surface area contributed by atoms with Crippen molar-refractivity contribution in [3.8, 4) is 0 Å². The predicted octanol–water partition coefficient (Wildman–Crippen LogP) is -1.95. The minimum absolute atomic E-state index is 0.0849. The Balaban J connectivity index is 4.65. The van der Waals surface area contributed by atoms with Crippen molar-refractivity contribution in [2.24, 2.45) is 11.7 Å². The van der Waals surface area contributed by atoms with E-state index in [2.05, 4.69) is 16.0 Å². The third-order valence-corrected chi connectivity index (χ3v) is 3.64. The summed E-state index contributed by atoms with van der Waals surface area (Å²) in [5, 5.41) is 16.7. The van der Waals surface area contributed by atoms with Crippen molar-refractivity contribution in [2.75, 3.05) is 6.54 Å². The topological polar surface area (TPSA) is 151 Å². The van der Waals surface area contributed by atoms with Gasteiger partial charge < -0.3 is 31.6 Å². The van der Waals surface area contributed by atoms with Crippen molar-refractivity contribution in [1.82, 2.24) is 16.0 Å². The molecule has 0 fully saturated rings. The van der Waals surface area contributed by atoms with Gasteiger partial charge in [0, 0.05) is 0 Å². The molecule has 0 aliphatic heterocycles. The lowest BCUT2D eigenvalue weighted by atomic mass is 9.99. The van der Waals surface area contributed by atoms with E-state index in [1.165, 1.54) is 13.8 Å². The molecule has 6 N–H and O–H groups in total. The van der Waals surface area contributed by atoms with Gasteiger partial charge in [-0.15, -0.1) is 0 Å². The molecular formula is C15H28N4O5. The Morgan fingerprint density at radius 1 is 1.12 bits per heavy atom. The van der Waals surface area contributed by atoms with E-state index in [-0.39, 0.29) is 12.5 Å². The van der Waals surface area contributed by atoms with Crippen LogP contribution in [0.15, 0.2) is 0 Å². The number of aliphatic hydroxyl groups excluding tert-OH is 1. The van der Waals surface area contributed by atoms with Gasteiger partial charge in [0.1, 0.15) is 12.3 Å². The molecule has 0 aromatic carbocycles. The van der Waals surface area contributed by atoms with E-state index >= 15 is 0 Å². The van der Waals surface area contributed by atoms with Crippen molar-refractivity contribution < 1.29 is 24.3 Å². The summed E-state index contributed by atoms with van der Waals surface area (Å²) in [6.45, 7) is 6.14. The number of carbonyl (C=O) groups excluding carboxylic acids is 4. The lowest BCUT2D eigenvalue weighted by Crippen LogP contribution is -2.57. The summed E-state index contributed by atoms with van der Waals surface area (Å²) >= 11 is 0. The van der Waals surface area contributed by atoms with Crippen LogP contribution in [0.4, 0.5) is 0 Å². The molecule has 0 saturated carbocycles. The molecule has 0 heterocycles. The fourth-order valence-corrected chi connectivity index (χ4v) is 1.78. The highest BCUT2D eigenvalue weighted by Gasteiger charge is 2.29. The van der Waals surface area contributed by atoms with Crippen LogP contribution in [0.2, 0.25) is 0 Å². The van der Waals surface area contributed by atoms with Crippen LogP contribution in [0, 0.1) is 5.92 Å². The zero-order valence-corrected chi connectivity index (χ0v) is 14.5. The van der Waals surface area contributed by atoms with Gasteiger partial charge in [-0.1, -0.05) is 20.3 Å². The van der Waals surface area contributed by atoms with Crippen molar-refractivity contribution >= 4 is 24.0 Å². The first kappa shape index (κ1) is 22.0. The molecule has 0 aromatic rings. The molecule has 0 spiro atoms. The largest absolute Gasteiger partial charge is 0.391 e. The molecule has 0 rings (SSSR count). The summed E-state index contributed by atoms with van der Waals surface area (Å²) < 4.78 is 0. The third-order valence-electron chi connectivity index (χ3n) is 3.64. The predicted molar refractivity (Wildman–Crippen MR) is 87.7 cm³/mol. The zero-order chi connectivity index (χ0) is 18.9. The molecule has 0 bridgehead atoms. The Morgan fingerprint density at radius 3 is 2.17 bits per heavy atom. The van der Waals surface area contributed by atoms with Crippen LogP contribution in [0.1, 0.15) is 34.1 Å². The molecule has 0 radical (unpaired) electrons. The van der Waals surface area contributed by atoms with E-state index in [4.69, 9.17) is 5.73 Å². The number of nitrogens with two attached hydrogens (primary N) is 1. The molecule has 0 saturated heterocycles. The third kappa shape index (κ3) is 7.51. The monoisotopic (exact) mass is 344 g/mol. The number of rotatable bonds is 10. The summed E-state index contributed by atoms with van der Waals surface area (Å²) in [4.78, 5) is 46.1. The van der Waals surface area contributed by atoms with Gasteiger partial charge >= 0.3 is 0 Å². The summed E-state index contributed by atoms with van der Waals surface area (Å²) in [6, 6.07) is -2.71. The molecule has 9 heteroatoms. The summed E-state index contributed by atoms with van der Waals surface area (Å²) in [7, 11) is 0. The number of aliphatic hydroxyl groups is 1. The van der Waals surface area contributed by atoms with Crippen molar-refractivity contribution in [1.29, 1.82) is 0 Å². The minimum atomic E-state index is -1.23. The van der Waals surface area contributed by atoms with E-state index < -0.39 is 42.0 Å². The second-order valence-corrected chi connectivity index (χ2v) is 5.85. The molecule has 3 amide bonds. The number of carbonyl (C=O) groups is 4. The number of amides is 3. The van der Waals surface area contributed by atoms with Gasteiger partial charge in [-0.25, -0.2) is 0 Å². The second-order valence-electron chi connectivity index (χ2n) is 5.85. The Hall–Kier alpha value is -2.00. The van der Waals surface area contributed by atoms with E-state index in [1.54, 1.807) is 6.92 Å². The molecule has 0 aromatic heterocycles. The fraction of sp³-hybridized carbons (Fsp3) is 0.733. The lowest BCUT2D eigenvalue weighted by molar-refractivity contribution is -0.133. The van der Waals surface area contributed by atoms with Crippen LogP contribution in [-0.2, 0) is 19.2 Å². The Labute approximate surface area is 141 Å². The van der Waals surface area contributed by atoms with Crippen molar-refractivity contribution in [3.05, 3.63) is 0 Å². The van der Waals surface area contributed by atoms with Crippen molar-refractivity contribution in [2.45, 2.75) is 58.3 Å². The van der Waals surface area contributed by atoms with Gasteiger partial charge in [0.15, 0.2) is 0 Å². The van der Waals surface area contributed by atoms with Crippen LogP contribution >= 0.6 is 0 Å². The molecule has 0 unspecified atom stereocenters. The van der Waals surface area contributed by atoms with E-state index in [9.17, 15) is 24.3 Å². The van der Waals surface area contributed by atoms with Crippen LogP contribution in [0.25, 0.3) is 0 Å². The van der Waals surface area contributed by atoms with Crippen molar-refractivity contribution in [3.63, 3.8) is 0 Å². The summed E-state index contributed by atoms with van der Waals surface area (Å²) in [6.07, 6.45) is 0.0689. The average molecular weight is 344 g/mol. The van der Waals surface area contributed by atoms with Crippen LogP contribution in [-0.4, -0.2) is 59.9 Å². The first-order valence-corrected chi connectivity index (χ1v) is 7.90. The Kier molecular flexibility index (Phi) is 9.82. The fourth-order valence-electron chi connectivity index (χ4n) is 1.78. The summed E-state index contributed by atoms with van der Waals surface area (Å²) in [5.41, 5.74) is 5.79. The standard InChI is InChI=1S/C15H28N4O5/c1-5-8(2)12(16)14(23)19-13(10(4)21)15(24)17-6-11(22)18-9(3)7-20/h7-10,12-13,21H,5-6,16H2,1-4H3,(H,17,24)(H,18,22)(H,19,23)/t8-,9-,10-,12-,13-/m0/s1. The highest BCUT2D eigenvalue weighted by atomic mass is 16.3. The van der Waals surface area contributed by atoms with Crippen LogP contribution in [0.3, 0.4) is 0 Å². The maximum Gasteiger partial charge on any atom is 0.245 e. The first-order valence-electron chi connectivity index (χ1n) is 7.90. The maximum absolute atomic E-state index is 12.1. The molecule has 5 atom stereocenters. The minimum Gasteiger partial charge on any atom is -0.391 e. The maximum atomic E-state index is 12.1. The van der Waals surface area contributed by atoms with E-state index in [1.807, 2.05) is 6.92 Å². The number of aldehydes is 1. The Bertz CT molecular complexity index is 455. The highest BCUT2D eigenvalue weighted by molar-refractivity contribution is 5.92. The number of hydrogen-bond acceptors (Lipinski definition) is 6. The van der Waals surface area contributed by atoms with E-state index in [0.29, 0.717) is 12.7 Å². The van der Waals surface area contributed by atoms with Gasteiger partial charge in [-0.2, -0.15) is 0 Å². The van der Waals surface area contributed by atoms with E-state index in [0.717, 1.165) is 0 Å². The average Bonchev–Trinajstić information content (AvgIpc) is 2.55. The first-order chi connectivity index (χ1) is 11.1. The molecule has 24 heavy (non-hydrogen) atoms. The molecule has 0 aliphatic carbocycles. The van der Waals surface area contributed by atoms with Gasteiger partial charge in [0.25, 0.3) is 0 Å².